The molecule has 0 N–H and O–H groups in total. The lowest BCUT2D eigenvalue weighted by Crippen LogP contribution is -2.31. The molecule has 3 aromatic carbocycles. The molecule has 0 aliphatic rings. The molecular weight excluding hydrogens is 444 g/mol. The zero-order valence-electron chi connectivity index (χ0n) is 17.7. The van der Waals surface area contributed by atoms with Crippen molar-refractivity contribution in [1.29, 1.82) is 0 Å². The molecule has 0 bridgehead atoms. The first-order chi connectivity index (χ1) is 15.4. The van der Waals surface area contributed by atoms with Crippen molar-refractivity contribution in [3.05, 3.63) is 83.9 Å². The Morgan fingerprint density at radius 1 is 1.03 bits per heavy atom. The number of carbonyl (C=O) groups is 1. The van der Waals surface area contributed by atoms with Gasteiger partial charge in [-0.3, -0.25) is 9.69 Å². The zero-order chi connectivity index (χ0) is 22.7. The third kappa shape index (κ3) is 4.37. The van der Waals surface area contributed by atoms with Crippen LogP contribution in [0.4, 0.5) is 5.13 Å². The smallest absolute Gasteiger partial charge is 0.261 e. The van der Waals surface area contributed by atoms with Crippen molar-refractivity contribution < 1.29 is 17.9 Å². The molecule has 4 aromatic rings. The van der Waals surface area contributed by atoms with Crippen LogP contribution in [0.25, 0.3) is 10.2 Å². The number of rotatable bonds is 7. The molecule has 0 spiro atoms. The maximum atomic E-state index is 13.7. The molecule has 0 atom stereocenters. The SMILES string of the molecule is CCS(=O)(=O)c1ccccc1C(=O)N(Cc1ccccc1)c1nc2cc(OC)ccc2s1. The van der Waals surface area contributed by atoms with Crippen LogP contribution in [-0.4, -0.2) is 32.2 Å². The van der Waals surface area contributed by atoms with Gasteiger partial charge >= 0.3 is 0 Å². The summed E-state index contributed by atoms with van der Waals surface area (Å²) in [5.41, 5.74) is 1.76. The second kappa shape index (κ2) is 9.10. The van der Waals surface area contributed by atoms with Crippen LogP contribution in [-0.2, 0) is 16.4 Å². The molecule has 0 aliphatic heterocycles. The van der Waals surface area contributed by atoms with Crippen LogP contribution in [0.1, 0.15) is 22.8 Å². The average molecular weight is 467 g/mol. The number of fused-ring (bicyclic) bond motifs is 1. The Balaban J connectivity index is 1.83. The fraction of sp³-hybridized carbons (Fsp3) is 0.167. The molecule has 164 valence electrons. The quantitative estimate of drug-likeness (QED) is 0.385. The van der Waals surface area contributed by atoms with E-state index in [0.717, 1.165) is 10.3 Å². The van der Waals surface area contributed by atoms with Gasteiger partial charge < -0.3 is 4.74 Å². The van der Waals surface area contributed by atoms with Crippen LogP contribution in [0.5, 0.6) is 5.75 Å². The normalized spacial score (nSPS) is 11.4. The van der Waals surface area contributed by atoms with Gasteiger partial charge in [-0.25, -0.2) is 13.4 Å². The number of sulfone groups is 1. The molecule has 0 radical (unpaired) electrons. The Bertz CT molecular complexity index is 1370. The third-order valence-corrected chi connectivity index (χ3v) is 7.92. The predicted octanol–water partition coefficient (Wildman–Crippen LogP) is 4.95. The maximum Gasteiger partial charge on any atom is 0.261 e. The second-order valence-electron chi connectivity index (χ2n) is 7.11. The van der Waals surface area contributed by atoms with Gasteiger partial charge in [0, 0.05) is 6.07 Å². The van der Waals surface area contributed by atoms with Gasteiger partial charge in [0.25, 0.3) is 5.91 Å². The number of amides is 1. The number of methoxy groups -OCH3 is 1. The first-order valence-corrected chi connectivity index (χ1v) is 12.5. The topological polar surface area (TPSA) is 76.6 Å². The summed E-state index contributed by atoms with van der Waals surface area (Å²) < 4.78 is 31.5. The monoisotopic (exact) mass is 466 g/mol. The minimum Gasteiger partial charge on any atom is -0.497 e. The van der Waals surface area contributed by atoms with E-state index in [1.165, 1.54) is 22.3 Å². The number of hydrogen-bond donors (Lipinski definition) is 0. The largest absolute Gasteiger partial charge is 0.497 e. The third-order valence-electron chi connectivity index (χ3n) is 5.08. The summed E-state index contributed by atoms with van der Waals surface area (Å²) in [6.45, 7) is 1.83. The summed E-state index contributed by atoms with van der Waals surface area (Å²) in [4.78, 5) is 20.0. The maximum absolute atomic E-state index is 13.7. The van der Waals surface area contributed by atoms with Crippen molar-refractivity contribution in [2.24, 2.45) is 0 Å². The van der Waals surface area contributed by atoms with E-state index in [0.29, 0.717) is 16.4 Å². The Kier molecular flexibility index (Phi) is 6.25. The summed E-state index contributed by atoms with van der Waals surface area (Å²) in [5, 5.41) is 0.491. The molecule has 1 heterocycles. The van der Waals surface area contributed by atoms with E-state index in [-0.39, 0.29) is 22.8 Å². The standard InChI is InChI=1S/C24H22N2O4S2/c1-3-32(28,29)22-12-8-7-11-19(22)23(27)26(16-17-9-5-4-6-10-17)24-25-20-15-18(30-2)13-14-21(20)31-24/h4-15H,3,16H2,1-2H3. The summed E-state index contributed by atoms with van der Waals surface area (Å²) in [5.74, 6) is 0.180. The number of benzene rings is 3. The lowest BCUT2D eigenvalue weighted by Gasteiger charge is -2.21. The van der Waals surface area contributed by atoms with Crippen molar-refractivity contribution in [1.82, 2.24) is 4.98 Å². The molecule has 1 amide bonds. The molecule has 1 aromatic heterocycles. The van der Waals surface area contributed by atoms with Crippen LogP contribution in [0.2, 0.25) is 0 Å². The zero-order valence-corrected chi connectivity index (χ0v) is 19.3. The first kappa shape index (κ1) is 22.0. The van der Waals surface area contributed by atoms with Crippen LogP contribution in [0, 0.1) is 0 Å². The van der Waals surface area contributed by atoms with Gasteiger partial charge in [-0.2, -0.15) is 0 Å². The Labute approximate surface area is 191 Å². The van der Waals surface area contributed by atoms with Crippen LogP contribution in [0.15, 0.2) is 77.7 Å². The number of anilines is 1. The number of nitrogens with zero attached hydrogens (tertiary/aromatic N) is 2. The Hall–Kier alpha value is -3.23. The van der Waals surface area contributed by atoms with Gasteiger partial charge in [0.2, 0.25) is 0 Å². The van der Waals surface area contributed by atoms with Gasteiger partial charge in [-0.1, -0.05) is 60.7 Å². The summed E-state index contributed by atoms with van der Waals surface area (Å²) in [6.07, 6.45) is 0. The molecule has 8 heteroatoms. The fourth-order valence-corrected chi connectivity index (χ4v) is 5.38. The van der Waals surface area contributed by atoms with E-state index < -0.39 is 15.7 Å². The van der Waals surface area contributed by atoms with E-state index in [1.54, 1.807) is 32.2 Å². The molecular formula is C24H22N2O4S2. The highest BCUT2D eigenvalue weighted by atomic mass is 32.2. The highest BCUT2D eigenvalue weighted by Crippen LogP contribution is 2.33. The van der Waals surface area contributed by atoms with Crippen LogP contribution >= 0.6 is 11.3 Å². The van der Waals surface area contributed by atoms with E-state index in [2.05, 4.69) is 4.98 Å². The van der Waals surface area contributed by atoms with Gasteiger partial charge in [0.05, 0.1) is 40.1 Å². The van der Waals surface area contributed by atoms with Gasteiger partial charge in [-0.05, 0) is 29.8 Å². The number of hydrogen-bond acceptors (Lipinski definition) is 6. The lowest BCUT2D eigenvalue weighted by atomic mass is 10.1. The fourth-order valence-electron chi connectivity index (χ4n) is 3.35. The van der Waals surface area contributed by atoms with Gasteiger partial charge in [0.15, 0.2) is 15.0 Å². The molecule has 0 fully saturated rings. The van der Waals surface area contributed by atoms with E-state index in [9.17, 15) is 13.2 Å². The van der Waals surface area contributed by atoms with Crippen LogP contribution in [0.3, 0.4) is 0 Å². The van der Waals surface area contributed by atoms with Crippen molar-refractivity contribution in [3.8, 4) is 5.75 Å². The molecule has 6 nitrogen and oxygen atoms in total. The number of ether oxygens (including phenoxy) is 1. The van der Waals surface area contributed by atoms with E-state index in [4.69, 9.17) is 4.74 Å². The van der Waals surface area contributed by atoms with Crippen LogP contribution < -0.4 is 9.64 Å². The van der Waals surface area contributed by atoms with Crippen molar-refractivity contribution in [2.75, 3.05) is 17.8 Å². The first-order valence-electron chi connectivity index (χ1n) is 10.0. The summed E-state index contributed by atoms with van der Waals surface area (Å²) >= 11 is 1.37. The summed E-state index contributed by atoms with van der Waals surface area (Å²) in [7, 11) is -1.99. The molecule has 0 aliphatic carbocycles. The minimum atomic E-state index is -3.58. The lowest BCUT2D eigenvalue weighted by molar-refractivity contribution is 0.0982. The Morgan fingerprint density at radius 2 is 1.75 bits per heavy atom. The average Bonchev–Trinajstić information content (AvgIpc) is 3.25. The molecule has 4 rings (SSSR count). The van der Waals surface area contributed by atoms with E-state index >= 15 is 0 Å². The van der Waals surface area contributed by atoms with Gasteiger partial charge in [0.1, 0.15) is 5.75 Å². The highest BCUT2D eigenvalue weighted by Gasteiger charge is 2.27. The highest BCUT2D eigenvalue weighted by molar-refractivity contribution is 7.91. The number of carbonyl (C=O) groups excluding carboxylic acids is 1. The summed E-state index contributed by atoms with van der Waals surface area (Å²) in [6, 6.07) is 21.4. The number of thiazole rings is 1. The molecule has 0 saturated heterocycles. The Morgan fingerprint density at radius 3 is 2.47 bits per heavy atom. The van der Waals surface area contributed by atoms with Crippen molar-refractivity contribution in [2.45, 2.75) is 18.4 Å². The van der Waals surface area contributed by atoms with E-state index in [1.807, 2.05) is 48.5 Å². The van der Waals surface area contributed by atoms with Crippen molar-refractivity contribution in [3.63, 3.8) is 0 Å². The van der Waals surface area contributed by atoms with Gasteiger partial charge in [-0.15, -0.1) is 0 Å². The molecule has 0 saturated carbocycles. The molecule has 32 heavy (non-hydrogen) atoms. The minimum absolute atomic E-state index is 0.0355. The predicted molar refractivity (Wildman–Crippen MR) is 127 cm³/mol. The molecule has 0 unspecified atom stereocenters. The second-order valence-corrected chi connectivity index (χ2v) is 10.4. The number of aromatic nitrogens is 1. The van der Waals surface area contributed by atoms with Crippen molar-refractivity contribution >= 4 is 42.4 Å².